The first-order valence-electron chi connectivity index (χ1n) is 7.11. The van der Waals surface area contributed by atoms with Crippen LogP contribution in [0, 0.1) is 5.92 Å². The largest absolute Gasteiger partial charge is 0.340 e. The average molecular weight is 287 g/mol. The molecule has 6 nitrogen and oxygen atoms in total. The van der Waals surface area contributed by atoms with Crippen molar-refractivity contribution >= 4 is 5.91 Å². The Hall–Kier alpha value is -2.04. The number of benzene rings is 1. The molecule has 1 aliphatic heterocycles. The van der Waals surface area contributed by atoms with Crippen molar-refractivity contribution in [2.45, 2.75) is 12.5 Å². The lowest BCUT2D eigenvalue weighted by atomic mass is 10.1. The predicted molar refractivity (Wildman–Crippen MR) is 81.6 cm³/mol. The minimum atomic E-state index is 0.145. The van der Waals surface area contributed by atoms with E-state index in [2.05, 4.69) is 27.1 Å². The van der Waals surface area contributed by atoms with Crippen LogP contribution in [0.4, 0.5) is 0 Å². The van der Waals surface area contributed by atoms with Crippen LogP contribution in [-0.4, -0.2) is 49.4 Å². The summed E-state index contributed by atoms with van der Waals surface area (Å²) in [5, 5.41) is 3.59. The highest BCUT2D eigenvalue weighted by molar-refractivity contribution is 5.78. The molecule has 112 valence electrons. The SMILES string of the molecule is CN(C)C(CN1CC(CN=[N+]=[N-])CC1=O)c1ccccc1. The summed E-state index contributed by atoms with van der Waals surface area (Å²) in [5.41, 5.74) is 9.58. The Morgan fingerprint density at radius 3 is 2.76 bits per heavy atom. The number of likely N-dealkylation sites (tertiary alicyclic amines) is 1. The highest BCUT2D eigenvalue weighted by atomic mass is 16.2. The second-order valence-corrected chi connectivity index (χ2v) is 5.67. The summed E-state index contributed by atoms with van der Waals surface area (Å²) in [4.78, 5) is 18.9. The maximum atomic E-state index is 12.1. The van der Waals surface area contributed by atoms with Crippen LogP contribution in [0.1, 0.15) is 18.0 Å². The maximum Gasteiger partial charge on any atom is 0.222 e. The van der Waals surface area contributed by atoms with Gasteiger partial charge in [-0.2, -0.15) is 0 Å². The van der Waals surface area contributed by atoms with Crippen molar-refractivity contribution in [1.82, 2.24) is 9.80 Å². The standard InChI is InChI=1S/C15H21N5O/c1-19(2)14(13-6-4-3-5-7-13)11-20-10-12(8-15(20)21)9-17-18-16/h3-7,12,14H,8-11H2,1-2H3. The van der Waals surface area contributed by atoms with E-state index in [0.717, 1.165) is 0 Å². The van der Waals surface area contributed by atoms with Crippen LogP contribution in [0.2, 0.25) is 0 Å². The molecule has 0 aromatic heterocycles. The zero-order valence-electron chi connectivity index (χ0n) is 12.5. The minimum Gasteiger partial charge on any atom is -0.340 e. The van der Waals surface area contributed by atoms with E-state index in [0.29, 0.717) is 26.1 Å². The number of carbonyl (C=O) groups excluding carboxylic acids is 1. The molecule has 0 bridgehead atoms. The third-order valence-corrected chi connectivity index (χ3v) is 3.90. The smallest absolute Gasteiger partial charge is 0.222 e. The van der Waals surface area contributed by atoms with Gasteiger partial charge in [-0.05, 0) is 31.1 Å². The van der Waals surface area contributed by atoms with Gasteiger partial charge in [-0.15, -0.1) is 0 Å². The molecule has 1 aromatic rings. The highest BCUT2D eigenvalue weighted by Gasteiger charge is 2.31. The van der Waals surface area contributed by atoms with E-state index in [1.807, 2.05) is 37.2 Å². The first kappa shape index (κ1) is 15.4. The van der Waals surface area contributed by atoms with Crippen molar-refractivity contribution in [2.24, 2.45) is 11.0 Å². The number of hydrogen-bond acceptors (Lipinski definition) is 3. The van der Waals surface area contributed by atoms with Crippen molar-refractivity contribution in [3.8, 4) is 0 Å². The van der Waals surface area contributed by atoms with E-state index in [1.165, 1.54) is 5.56 Å². The number of likely N-dealkylation sites (N-methyl/N-ethyl adjacent to an activating group) is 1. The molecule has 0 radical (unpaired) electrons. The number of nitrogens with zero attached hydrogens (tertiary/aromatic N) is 5. The molecule has 1 fully saturated rings. The van der Waals surface area contributed by atoms with Gasteiger partial charge in [-0.25, -0.2) is 0 Å². The summed E-state index contributed by atoms with van der Waals surface area (Å²) >= 11 is 0. The first-order valence-corrected chi connectivity index (χ1v) is 7.11. The van der Waals surface area contributed by atoms with Crippen LogP contribution in [0.15, 0.2) is 35.4 Å². The van der Waals surface area contributed by atoms with Crippen LogP contribution in [0.5, 0.6) is 0 Å². The van der Waals surface area contributed by atoms with Gasteiger partial charge in [-0.1, -0.05) is 35.4 Å². The molecule has 2 unspecified atom stereocenters. The minimum absolute atomic E-state index is 0.145. The molecule has 1 saturated heterocycles. The zero-order valence-corrected chi connectivity index (χ0v) is 12.5. The normalized spacial score (nSPS) is 19.7. The van der Waals surface area contributed by atoms with E-state index < -0.39 is 0 Å². The molecule has 2 atom stereocenters. The number of amides is 1. The van der Waals surface area contributed by atoms with Crippen molar-refractivity contribution in [3.63, 3.8) is 0 Å². The van der Waals surface area contributed by atoms with E-state index in [4.69, 9.17) is 5.53 Å². The zero-order chi connectivity index (χ0) is 15.2. The summed E-state index contributed by atoms with van der Waals surface area (Å²) in [5.74, 6) is 0.294. The number of hydrogen-bond donors (Lipinski definition) is 0. The van der Waals surface area contributed by atoms with Gasteiger partial charge in [0, 0.05) is 31.0 Å². The highest BCUT2D eigenvalue weighted by Crippen LogP contribution is 2.24. The molecular formula is C15H21N5O. The van der Waals surface area contributed by atoms with Crippen LogP contribution < -0.4 is 0 Å². The Bertz CT molecular complexity index is 524. The Kier molecular flexibility index (Phi) is 5.20. The summed E-state index contributed by atoms with van der Waals surface area (Å²) in [6.45, 7) is 1.74. The summed E-state index contributed by atoms with van der Waals surface area (Å²) in [7, 11) is 4.05. The molecule has 1 heterocycles. The fourth-order valence-electron chi connectivity index (χ4n) is 2.76. The number of azide groups is 1. The lowest BCUT2D eigenvalue weighted by molar-refractivity contribution is -0.128. The maximum absolute atomic E-state index is 12.1. The second kappa shape index (κ2) is 7.11. The van der Waals surface area contributed by atoms with Gasteiger partial charge in [0.15, 0.2) is 0 Å². The molecule has 1 aromatic carbocycles. The topological polar surface area (TPSA) is 72.3 Å². The third kappa shape index (κ3) is 3.97. The molecule has 0 N–H and O–H groups in total. The Labute approximate surface area is 125 Å². The van der Waals surface area contributed by atoms with Gasteiger partial charge in [0.2, 0.25) is 5.91 Å². The molecule has 1 aliphatic rings. The summed E-state index contributed by atoms with van der Waals surface area (Å²) in [6.07, 6.45) is 0.480. The fourth-order valence-corrected chi connectivity index (χ4v) is 2.76. The predicted octanol–water partition coefficient (Wildman–Crippen LogP) is 2.45. The van der Waals surface area contributed by atoms with Crippen molar-refractivity contribution < 1.29 is 4.79 Å². The van der Waals surface area contributed by atoms with Crippen LogP contribution in [0.3, 0.4) is 0 Å². The van der Waals surface area contributed by atoms with E-state index in [-0.39, 0.29) is 17.9 Å². The average Bonchev–Trinajstić information content (AvgIpc) is 2.83. The van der Waals surface area contributed by atoms with Gasteiger partial charge in [0.1, 0.15) is 0 Å². The molecular weight excluding hydrogens is 266 g/mol. The fraction of sp³-hybridized carbons (Fsp3) is 0.533. The third-order valence-electron chi connectivity index (χ3n) is 3.90. The number of carbonyl (C=O) groups is 1. The van der Waals surface area contributed by atoms with Crippen LogP contribution in [-0.2, 0) is 4.79 Å². The van der Waals surface area contributed by atoms with Gasteiger partial charge < -0.3 is 9.80 Å². The monoisotopic (exact) mass is 287 g/mol. The molecule has 6 heteroatoms. The molecule has 2 rings (SSSR count). The summed E-state index contributed by atoms with van der Waals surface area (Å²) < 4.78 is 0. The van der Waals surface area contributed by atoms with E-state index in [1.54, 1.807) is 0 Å². The Morgan fingerprint density at radius 2 is 2.14 bits per heavy atom. The number of rotatable bonds is 6. The first-order chi connectivity index (χ1) is 10.1. The van der Waals surface area contributed by atoms with Crippen molar-refractivity contribution in [2.75, 3.05) is 33.7 Å². The van der Waals surface area contributed by atoms with Gasteiger partial charge in [0.05, 0.1) is 6.04 Å². The Balaban J connectivity index is 2.04. The van der Waals surface area contributed by atoms with E-state index >= 15 is 0 Å². The summed E-state index contributed by atoms with van der Waals surface area (Å²) in [6, 6.07) is 10.4. The molecule has 21 heavy (non-hydrogen) atoms. The molecule has 1 amide bonds. The molecule has 0 saturated carbocycles. The van der Waals surface area contributed by atoms with Gasteiger partial charge >= 0.3 is 0 Å². The lowest BCUT2D eigenvalue weighted by Crippen LogP contribution is -2.35. The van der Waals surface area contributed by atoms with Gasteiger partial charge in [-0.3, -0.25) is 4.79 Å². The second-order valence-electron chi connectivity index (χ2n) is 5.67. The van der Waals surface area contributed by atoms with E-state index in [9.17, 15) is 4.79 Å². The Morgan fingerprint density at radius 1 is 1.43 bits per heavy atom. The molecule has 0 aliphatic carbocycles. The quantitative estimate of drug-likeness (QED) is 0.458. The van der Waals surface area contributed by atoms with Crippen LogP contribution >= 0.6 is 0 Å². The van der Waals surface area contributed by atoms with Gasteiger partial charge in [0.25, 0.3) is 0 Å². The van der Waals surface area contributed by atoms with Crippen molar-refractivity contribution in [3.05, 3.63) is 46.3 Å². The molecule has 0 spiro atoms. The van der Waals surface area contributed by atoms with Crippen LogP contribution in [0.25, 0.3) is 10.4 Å². The lowest BCUT2D eigenvalue weighted by Gasteiger charge is -2.29. The van der Waals surface area contributed by atoms with Crippen molar-refractivity contribution in [1.29, 1.82) is 0 Å².